The monoisotopic (exact) mass is 1080 g/mol. The second-order valence-corrected chi connectivity index (χ2v) is 30.1. The first-order valence-electron chi connectivity index (χ1n) is 31.2. The molecule has 3 aromatic heterocycles. The lowest BCUT2D eigenvalue weighted by molar-refractivity contribution is 0.585. The van der Waals surface area contributed by atoms with Gasteiger partial charge in [0.15, 0.2) is 0 Å². The number of hydrogen-bond acceptors (Lipinski definition) is 0. The van der Waals surface area contributed by atoms with Crippen LogP contribution >= 0.6 is 0 Å². The lowest BCUT2D eigenvalue weighted by Gasteiger charge is -2.44. The summed E-state index contributed by atoms with van der Waals surface area (Å²) in [6.07, 6.45) is 0. The third kappa shape index (κ3) is 6.43. The standard InChI is InChI=1S/C79H78BN3/c1-41(2)45-20-18-21-51(32-45)81-66-34-47(43(5)6)25-28-55(66)69-67(81)40-63-75-70(69)68-52(44(7)8)22-19-23-64(68)82(75)65-31-30-58-74-71(65)80(63)62-39-50(78(15,16)17)36-57-56-35-49(77(12,13)14)38-61(72(56)83(74)73(57)62)79(58)59-33-46(42(3)4)24-27-53(59)54-29-26-48(37-60(54)79)76(9,10)11/h18-44H,1-17H3. The largest absolute Gasteiger partial charge is 0.310 e. The van der Waals surface area contributed by atoms with Gasteiger partial charge in [-0.25, -0.2) is 0 Å². The zero-order valence-electron chi connectivity index (χ0n) is 52.0. The third-order valence-electron chi connectivity index (χ3n) is 20.7. The van der Waals surface area contributed by atoms with E-state index in [0.717, 1.165) is 0 Å². The Bertz CT molecular complexity index is 4920. The fourth-order valence-electron chi connectivity index (χ4n) is 16.3. The maximum Gasteiger partial charge on any atom is 0.252 e. The molecule has 83 heavy (non-hydrogen) atoms. The van der Waals surface area contributed by atoms with E-state index in [9.17, 15) is 0 Å². The van der Waals surface area contributed by atoms with Gasteiger partial charge in [-0.1, -0.05) is 209 Å². The molecule has 16 rings (SSSR count). The van der Waals surface area contributed by atoms with Gasteiger partial charge in [-0.05, 0) is 177 Å². The van der Waals surface area contributed by atoms with E-state index in [1.165, 1.54) is 171 Å². The van der Waals surface area contributed by atoms with Crippen LogP contribution in [-0.2, 0) is 21.7 Å². The molecule has 0 saturated carbocycles. The Morgan fingerprint density at radius 3 is 1.67 bits per heavy atom. The van der Waals surface area contributed by atoms with Gasteiger partial charge in [-0.15, -0.1) is 0 Å². The Kier molecular flexibility index (Phi) is 10.1. The molecule has 1 atom stereocenters. The Balaban J connectivity index is 1.18. The summed E-state index contributed by atoms with van der Waals surface area (Å²) in [6.45, 7) is 40.6. The van der Waals surface area contributed by atoms with E-state index in [2.05, 4.69) is 271 Å². The Labute approximate surface area is 491 Å². The topological polar surface area (TPSA) is 14.8 Å². The van der Waals surface area contributed by atoms with Crippen LogP contribution in [0.15, 0.2) is 140 Å². The number of aromatic nitrogens is 3. The summed E-state index contributed by atoms with van der Waals surface area (Å²) in [5, 5.41) is 8.19. The highest BCUT2D eigenvalue weighted by Gasteiger charge is 2.55. The van der Waals surface area contributed by atoms with E-state index in [1.54, 1.807) is 0 Å². The predicted octanol–water partition coefficient (Wildman–Crippen LogP) is 19.2. The van der Waals surface area contributed by atoms with E-state index < -0.39 is 5.41 Å². The van der Waals surface area contributed by atoms with Gasteiger partial charge < -0.3 is 13.7 Å². The van der Waals surface area contributed by atoms with Crippen LogP contribution in [0.5, 0.6) is 0 Å². The van der Waals surface area contributed by atoms with Crippen molar-refractivity contribution in [3.8, 4) is 28.2 Å². The summed E-state index contributed by atoms with van der Waals surface area (Å²) >= 11 is 0. The van der Waals surface area contributed by atoms with E-state index in [-0.39, 0.29) is 23.0 Å². The van der Waals surface area contributed by atoms with E-state index in [1.807, 2.05) is 0 Å². The second-order valence-electron chi connectivity index (χ2n) is 30.1. The molecule has 0 bridgehead atoms. The zero-order valence-corrected chi connectivity index (χ0v) is 52.0. The molecular formula is C79H78BN3. The highest BCUT2D eigenvalue weighted by atomic mass is 15.1. The van der Waals surface area contributed by atoms with Crippen molar-refractivity contribution in [1.82, 2.24) is 13.7 Å². The van der Waals surface area contributed by atoms with Crippen LogP contribution in [-0.4, -0.2) is 20.4 Å². The molecule has 6 heterocycles. The number of rotatable bonds is 5. The van der Waals surface area contributed by atoms with Crippen LogP contribution in [0.1, 0.15) is 203 Å². The van der Waals surface area contributed by atoms with Crippen LogP contribution < -0.4 is 16.4 Å². The quantitative estimate of drug-likeness (QED) is 0.153. The summed E-state index contributed by atoms with van der Waals surface area (Å²) in [6, 6.07) is 57.7. The van der Waals surface area contributed by atoms with E-state index >= 15 is 0 Å². The van der Waals surface area contributed by atoms with Crippen molar-refractivity contribution in [3.05, 3.63) is 201 Å². The minimum Gasteiger partial charge on any atom is -0.310 e. The lowest BCUT2D eigenvalue weighted by Crippen LogP contribution is -2.60. The molecule has 1 aliphatic carbocycles. The number of fused-ring (bicyclic) bond motifs is 18. The highest BCUT2D eigenvalue weighted by molar-refractivity contribution is 7.00. The molecule has 9 aromatic carbocycles. The fraction of sp³-hybridized carbons (Fsp3) is 0.316. The van der Waals surface area contributed by atoms with Crippen LogP contribution in [0.2, 0.25) is 0 Å². The van der Waals surface area contributed by atoms with Crippen molar-refractivity contribution >= 4 is 88.5 Å². The number of benzene rings is 9. The molecule has 4 heteroatoms. The second kappa shape index (κ2) is 16.4. The van der Waals surface area contributed by atoms with Crippen LogP contribution in [0.25, 0.3) is 93.6 Å². The average molecular weight is 1080 g/mol. The van der Waals surface area contributed by atoms with Crippen molar-refractivity contribution in [1.29, 1.82) is 0 Å². The third-order valence-corrected chi connectivity index (χ3v) is 20.7. The molecule has 1 spiro atoms. The summed E-state index contributed by atoms with van der Waals surface area (Å²) in [5.41, 5.74) is 33.2. The molecule has 412 valence electrons. The molecule has 0 radical (unpaired) electrons. The Morgan fingerprint density at radius 2 is 0.988 bits per heavy atom. The first-order valence-corrected chi connectivity index (χ1v) is 31.2. The minimum absolute atomic E-state index is 0.0621. The van der Waals surface area contributed by atoms with Gasteiger partial charge >= 0.3 is 0 Å². The van der Waals surface area contributed by atoms with Gasteiger partial charge in [0.05, 0.1) is 33.0 Å². The molecular weight excluding hydrogens is 1000 g/mol. The number of nitrogens with zero attached hydrogens (tertiary/aromatic N) is 3. The van der Waals surface area contributed by atoms with E-state index in [4.69, 9.17) is 0 Å². The fourth-order valence-corrected chi connectivity index (χ4v) is 16.3. The first kappa shape index (κ1) is 51.1. The van der Waals surface area contributed by atoms with Crippen molar-refractivity contribution in [2.75, 3.05) is 0 Å². The SMILES string of the molecule is CC(C)c1cccc(-n2c3cc(C(C)C)ccc3c3c4c5c(C(C)C)cccc5n5c4c(cc32)B2c3c-5ccc4c3-n3c5c2cc(C(C)(C)C)cc5c2cc(C(C)(C)C)cc(c23)C42c3cc(C(C)C)ccc3-c3ccc(C(C)(C)C)cc32)c1. The maximum absolute atomic E-state index is 2.83. The van der Waals surface area contributed by atoms with Crippen molar-refractivity contribution in [2.24, 2.45) is 0 Å². The summed E-state index contributed by atoms with van der Waals surface area (Å²) in [4.78, 5) is 0. The molecule has 0 saturated heterocycles. The summed E-state index contributed by atoms with van der Waals surface area (Å²) in [7, 11) is 0. The Hall–Kier alpha value is -7.56. The van der Waals surface area contributed by atoms with Gasteiger partial charge in [0.1, 0.15) is 0 Å². The van der Waals surface area contributed by atoms with Gasteiger partial charge in [0.2, 0.25) is 0 Å². The summed E-state index contributed by atoms with van der Waals surface area (Å²) < 4.78 is 8.25. The van der Waals surface area contributed by atoms with Crippen LogP contribution in [0.3, 0.4) is 0 Å². The highest BCUT2D eigenvalue weighted by Crippen LogP contribution is 2.63. The molecule has 12 aromatic rings. The van der Waals surface area contributed by atoms with Crippen LogP contribution in [0.4, 0.5) is 0 Å². The molecule has 1 unspecified atom stereocenters. The van der Waals surface area contributed by atoms with Crippen molar-refractivity contribution < 1.29 is 0 Å². The minimum atomic E-state index is -0.620. The van der Waals surface area contributed by atoms with Gasteiger partial charge in [0, 0.05) is 54.9 Å². The molecule has 0 fully saturated rings. The molecule has 4 aliphatic rings. The summed E-state index contributed by atoms with van der Waals surface area (Å²) in [5.74, 6) is 1.44. The molecule has 3 aliphatic heterocycles. The Morgan fingerprint density at radius 1 is 0.386 bits per heavy atom. The van der Waals surface area contributed by atoms with Gasteiger partial charge in [-0.2, -0.15) is 0 Å². The lowest BCUT2D eigenvalue weighted by atomic mass is 9.33. The number of hydrogen-bond donors (Lipinski definition) is 0. The van der Waals surface area contributed by atoms with Crippen molar-refractivity contribution in [3.63, 3.8) is 0 Å². The molecule has 0 amide bonds. The van der Waals surface area contributed by atoms with Crippen LogP contribution in [0, 0.1) is 0 Å². The van der Waals surface area contributed by atoms with Gasteiger partial charge in [-0.3, -0.25) is 0 Å². The molecule has 0 N–H and O–H groups in total. The zero-order chi connectivity index (χ0) is 57.8. The normalized spacial score (nSPS) is 16.0. The van der Waals surface area contributed by atoms with Crippen molar-refractivity contribution in [2.45, 2.75) is 163 Å². The predicted molar refractivity (Wildman–Crippen MR) is 357 cm³/mol. The maximum atomic E-state index is 2.83. The van der Waals surface area contributed by atoms with E-state index in [0.29, 0.717) is 23.7 Å². The molecule has 3 nitrogen and oxygen atoms in total. The smallest absolute Gasteiger partial charge is 0.252 e. The average Bonchev–Trinajstić information content (AvgIpc) is 1.56. The first-order chi connectivity index (χ1) is 39.4. The van der Waals surface area contributed by atoms with Gasteiger partial charge in [0.25, 0.3) is 6.71 Å².